The molecule has 2 atom stereocenters. The van der Waals surface area contributed by atoms with Gasteiger partial charge in [0, 0.05) is 11.6 Å². The Labute approximate surface area is 171 Å². The molecule has 0 aromatic heterocycles. The highest BCUT2D eigenvalue weighted by Crippen LogP contribution is 2.17. The van der Waals surface area contributed by atoms with Crippen LogP contribution in [-0.2, 0) is 24.3 Å². The molecule has 1 fully saturated rings. The maximum atomic E-state index is 12.4. The molecule has 2 rings (SSSR count). The van der Waals surface area contributed by atoms with Crippen LogP contribution in [0.3, 0.4) is 0 Å². The molecule has 0 unspecified atom stereocenters. The van der Waals surface area contributed by atoms with Crippen LogP contribution in [0.1, 0.15) is 63.2 Å². The predicted octanol–water partition coefficient (Wildman–Crippen LogP) is 1.94. The van der Waals surface area contributed by atoms with E-state index >= 15 is 0 Å². The summed E-state index contributed by atoms with van der Waals surface area (Å²) in [4.78, 5) is 35.7. The van der Waals surface area contributed by atoms with Gasteiger partial charge in [0.05, 0.1) is 4.90 Å². The minimum absolute atomic E-state index is 0.0785. The van der Waals surface area contributed by atoms with Crippen molar-refractivity contribution in [3.8, 4) is 0 Å². The summed E-state index contributed by atoms with van der Waals surface area (Å²) in [5.74, 6) is -1.42. The number of esters is 1. The monoisotopic (exact) mass is 424 g/mol. The van der Waals surface area contributed by atoms with Crippen molar-refractivity contribution in [2.75, 3.05) is 0 Å². The van der Waals surface area contributed by atoms with E-state index in [0.29, 0.717) is 5.56 Å². The van der Waals surface area contributed by atoms with Crippen molar-refractivity contribution >= 4 is 27.7 Å². The molecule has 1 saturated carbocycles. The normalized spacial score (nSPS) is 17.2. The van der Waals surface area contributed by atoms with Gasteiger partial charge in [-0.15, -0.1) is 0 Å². The first-order chi connectivity index (χ1) is 13.6. The van der Waals surface area contributed by atoms with Crippen molar-refractivity contribution in [3.63, 3.8) is 0 Å². The minimum Gasteiger partial charge on any atom is -0.451 e. The largest absolute Gasteiger partial charge is 0.451 e. The number of benzene rings is 1. The van der Waals surface area contributed by atoms with Crippen molar-refractivity contribution in [1.29, 1.82) is 0 Å². The molecular formula is C20H28N2O6S. The molecule has 160 valence electrons. The molecular weight excluding hydrogens is 396 g/mol. The number of amides is 1. The fourth-order valence-corrected chi connectivity index (χ4v) is 4.31. The topological polar surface area (TPSA) is 119 Å². The van der Waals surface area contributed by atoms with Crippen molar-refractivity contribution in [1.82, 2.24) is 10.0 Å². The zero-order chi connectivity index (χ0) is 21.6. The van der Waals surface area contributed by atoms with Crippen LogP contribution in [0.2, 0.25) is 0 Å². The van der Waals surface area contributed by atoms with E-state index in [1.54, 1.807) is 0 Å². The summed E-state index contributed by atoms with van der Waals surface area (Å²) < 4.78 is 32.2. The molecule has 0 aliphatic heterocycles. The number of hydrogen-bond donors (Lipinski definition) is 2. The first-order valence-electron chi connectivity index (χ1n) is 9.74. The molecule has 1 aromatic rings. The number of ketones is 1. The van der Waals surface area contributed by atoms with E-state index in [-0.39, 0.29) is 22.6 Å². The van der Waals surface area contributed by atoms with Gasteiger partial charge in [-0.1, -0.05) is 31.4 Å². The maximum Gasteiger partial charge on any atom is 0.324 e. The second-order valence-corrected chi connectivity index (χ2v) is 9.06. The number of ether oxygens (including phenoxy) is 1. The summed E-state index contributed by atoms with van der Waals surface area (Å²) in [6, 6.07) is 4.29. The Hall–Kier alpha value is -2.26. The Kier molecular flexibility index (Phi) is 7.92. The second-order valence-electron chi connectivity index (χ2n) is 7.35. The van der Waals surface area contributed by atoms with Crippen LogP contribution in [0.15, 0.2) is 29.2 Å². The Morgan fingerprint density at radius 3 is 2.17 bits per heavy atom. The quantitative estimate of drug-likeness (QED) is 0.486. The van der Waals surface area contributed by atoms with Crippen molar-refractivity contribution in [3.05, 3.63) is 29.8 Å². The number of sulfonamides is 1. The molecule has 0 bridgehead atoms. The van der Waals surface area contributed by atoms with E-state index in [1.165, 1.54) is 45.0 Å². The summed E-state index contributed by atoms with van der Waals surface area (Å²) in [5, 5.41) is 2.87. The summed E-state index contributed by atoms with van der Waals surface area (Å²) >= 11 is 0. The molecule has 1 aromatic carbocycles. The molecule has 0 radical (unpaired) electrons. The molecule has 0 heterocycles. The summed E-state index contributed by atoms with van der Waals surface area (Å²) in [6.07, 6.45) is 4.07. The number of hydrogen-bond acceptors (Lipinski definition) is 6. The average Bonchev–Trinajstić information content (AvgIpc) is 2.68. The summed E-state index contributed by atoms with van der Waals surface area (Å²) in [5.41, 5.74) is 0.384. The minimum atomic E-state index is -3.99. The Morgan fingerprint density at radius 1 is 1.03 bits per heavy atom. The van der Waals surface area contributed by atoms with Gasteiger partial charge >= 0.3 is 5.97 Å². The molecule has 0 spiro atoms. The van der Waals surface area contributed by atoms with Gasteiger partial charge in [-0.05, 0) is 45.7 Å². The van der Waals surface area contributed by atoms with Crippen molar-refractivity contribution in [2.45, 2.75) is 76.0 Å². The SMILES string of the molecule is CC(=O)c1ccc(S(=O)(=O)N[C@H](C)C(=O)O[C@@H](C)C(=O)NC2CCCCC2)cc1. The molecule has 1 aliphatic carbocycles. The fraction of sp³-hybridized carbons (Fsp3) is 0.550. The van der Waals surface area contributed by atoms with Gasteiger partial charge in [0.2, 0.25) is 10.0 Å². The van der Waals surface area contributed by atoms with E-state index in [1.807, 2.05) is 0 Å². The average molecular weight is 425 g/mol. The fourth-order valence-electron chi connectivity index (χ4n) is 3.11. The van der Waals surface area contributed by atoms with Crippen LogP contribution in [0.25, 0.3) is 0 Å². The summed E-state index contributed by atoms with van der Waals surface area (Å²) in [6.45, 7) is 4.18. The Bertz CT molecular complexity index is 844. The standard InChI is InChI=1S/C20H28N2O6S/c1-13(22-29(26,27)18-11-9-16(10-12-18)14(2)23)20(25)28-15(3)19(24)21-17-7-5-4-6-8-17/h9-13,15,17,22H,4-8H2,1-3H3,(H,21,24)/t13-,15+/m1/s1. The van der Waals surface area contributed by atoms with Crippen LogP contribution >= 0.6 is 0 Å². The first kappa shape index (κ1) is 23.0. The van der Waals surface area contributed by atoms with E-state index < -0.39 is 28.1 Å². The molecule has 29 heavy (non-hydrogen) atoms. The molecule has 0 saturated heterocycles. The molecule has 9 heteroatoms. The van der Waals surface area contributed by atoms with Gasteiger partial charge in [0.15, 0.2) is 11.9 Å². The van der Waals surface area contributed by atoms with E-state index in [0.717, 1.165) is 32.1 Å². The third-order valence-corrected chi connectivity index (χ3v) is 6.43. The molecule has 2 N–H and O–H groups in total. The van der Waals surface area contributed by atoms with E-state index in [2.05, 4.69) is 10.0 Å². The first-order valence-corrected chi connectivity index (χ1v) is 11.2. The number of rotatable bonds is 8. The summed E-state index contributed by atoms with van der Waals surface area (Å²) in [7, 11) is -3.99. The number of Topliss-reactive ketones (excluding diaryl/α,β-unsaturated/α-hetero) is 1. The molecule has 1 amide bonds. The van der Waals surface area contributed by atoms with Gasteiger partial charge in [-0.2, -0.15) is 4.72 Å². The predicted molar refractivity (Wildman–Crippen MR) is 107 cm³/mol. The molecule has 8 nitrogen and oxygen atoms in total. The number of nitrogens with one attached hydrogen (secondary N) is 2. The van der Waals surface area contributed by atoms with Crippen LogP contribution in [-0.4, -0.2) is 44.3 Å². The zero-order valence-corrected chi connectivity index (χ0v) is 17.8. The third-order valence-electron chi connectivity index (χ3n) is 4.87. The Balaban J connectivity index is 1.91. The van der Waals surface area contributed by atoms with Gasteiger partial charge in [-0.3, -0.25) is 14.4 Å². The highest BCUT2D eigenvalue weighted by molar-refractivity contribution is 7.89. The lowest BCUT2D eigenvalue weighted by molar-refractivity contribution is -0.156. The third kappa shape index (κ3) is 6.64. The van der Waals surface area contributed by atoms with Crippen LogP contribution in [0, 0.1) is 0 Å². The number of carbonyl (C=O) groups excluding carboxylic acids is 3. The lowest BCUT2D eigenvalue weighted by Crippen LogP contribution is -2.46. The lowest BCUT2D eigenvalue weighted by atomic mass is 9.95. The molecule has 1 aliphatic rings. The zero-order valence-electron chi connectivity index (χ0n) is 16.9. The van der Waals surface area contributed by atoms with Gasteiger partial charge in [-0.25, -0.2) is 8.42 Å². The van der Waals surface area contributed by atoms with Gasteiger partial charge in [0.25, 0.3) is 5.91 Å². The smallest absolute Gasteiger partial charge is 0.324 e. The number of carbonyl (C=O) groups is 3. The second kappa shape index (κ2) is 9.98. The van der Waals surface area contributed by atoms with Crippen molar-refractivity contribution in [2.24, 2.45) is 0 Å². The maximum absolute atomic E-state index is 12.4. The van der Waals surface area contributed by atoms with E-state index in [9.17, 15) is 22.8 Å². The van der Waals surface area contributed by atoms with Crippen LogP contribution in [0.4, 0.5) is 0 Å². The van der Waals surface area contributed by atoms with Crippen LogP contribution < -0.4 is 10.0 Å². The van der Waals surface area contributed by atoms with Gasteiger partial charge in [0.1, 0.15) is 6.04 Å². The highest BCUT2D eigenvalue weighted by atomic mass is 32.2. The van der Waals surface area contributed by atoms with Crippen molar-refractivity contribution < 1.29 is 27.5 Å². The highest BCUT2D eigenvalue weighted by Gasteiger charge is 2.27. The lowest BCUT2D eigenvalue weighted by Gasteiger charge is -2.24. The van der Waals surface area contributed by atoms with Gasteiger partial charge < -0.3 is 10.1 Å². The van der Waals surface area contributed by atoms with E-state index in [4.69, 9.17) is 4.74 Å². The Morgan fingerprint density at radius 2 is 1.62 bits per heavy atom. The van der Waals surface area contributed by atoms with Crippen LogP contribution in [0.5, 0.6) is 0 Å².